The second-order valence-electron chi connectivity index (χ2n) is 9.20. The first-order valence-corrected chi connectivity index (χ1v) is 11.7. The molecule has 2 saturated carbocycles. The van der Waals surface area contributed by atoms with Gasteiger partial charge >= 0.3 is 0 Å². The van der Waals surface area contributed by atoms with Gasteiger partial charge in [0.1, 0.15) is 11.4 Å². The van der Waals surface area contributed by atoms with Crippen molar-refractivity contribution in [2.75, 3.05) is 36.2 Å². The molecular formula is C24H30N6O3. The van der Waals surface area contributed by atoms with E-state index in [1.165, 1.54) is 12.8 Å². The van der Waals surface area contributed by atoms with Gasteiger partial charge in [-0.05, 0) is 43.9 Å². The van der Waals surface area contributed by atoms with Crippen LogP contribution in [0.5, 0.6) is 5.75 Å². The number of nitrogens with one attached hydrogen (secondary N) is 3. The van der Waals surface area contributed by atoms with E-state index < -0.39 is 0 Å². The number of carbonyl (C=O) groups excluding carboxylic acids is 2. The third kappa shape index (κ3) is 3.85. The number of amides is 2. The summed E-state index contributed by atoms with van der Waals surface area (Å²) >= 11 is 0. The van der Waals surface area contributed by atoms with E-state index in [4.69, 9.17) is 9.72 Å². The molecule has 1 spiro atoms. The van der Waals surface area contributed by atoms with Gasteiger partial charge in [-0.3, -0.25) is 9.59 Å². The van der Waals surface area contributed by atoms with E-state index in [0.717, 1.165) is 37.9 Å². The maximum atomic E-state index is 13.1. The quantitative estimate of drug-likeness (QED) is 0.640. The summed E-state index contributed by atoms with van der Waals surface area (Å²) in [7, 11) is 3.15. The summed E-state index contributed by atoms with van der Waals surface area (Å²) in [6.45, 7) is 0.705. The molecule has 2 fully saturated rings. The van der Waals surface area contributed by atoms with Crippen LogP contribution in [-0.2, 0) is 4.79 Å². The molecule has 2 aliphatic carbocycles. The third-order valence-electron chi connectivity index (χ3n) is 7.26. The van der Waals surface area contributed by atoms with Crippen molar-refractivity contribution in [1.82, 2.24) is 15.3 Å². The van der Waals surface area contributed by atoms with Crippen LogP contribution in [-0.4, -0.2) is 48.5 Å². The van der Waals surface area contributed by atoms with Crippen molar-refractivity contribution in [2.24, 2.45) is 5.41 Å². The Morgan fingerprint density at radius 2 is 2.03 bits per heavy atom. The van der Waals surface area contributed by atoms with Crippen molar-refractivity contribution >= 4 is 35.0 Å². The SMILES string of the molecule is CNC(=O)c1ccc(Nc2ncc3c(n2)N(C2CCCC2)CC2(CCC2)C(=O)N3)c(OC)c1. The van der Waals surface area contributed by atoms with Gasteiger partial charge in [-0.25, -0.2) is 4.98 Å². The van der Waals surface area contributed by atoms with Gasteiger partial charge in [0.2, 0.25) is 11.9 Å². The van der Waals surface area contributed by atoms with Crippen LogP contribution in [0.4, 0.5) is 23.1 Å². The number of methoxy groups -OCH3 is 1. The van der Waals surface area contributed by atoms with Crippen LogP contribution >= 0.6 is 0 Å². The largest absolute Gasteiger partial charge is 0.495 e. The molecule has 1 aromatic heterocycles. The lowest BCUT2D eigenvalue weighted by molar-refractivity contribution is -0.129. The lowest BCUT2D eigenvalue weighted by Crippen LogP contribution is -2.50. The predicted molar refractivity (Wildman–Crippen MR) is 126 cm³/mol. The van der Waals surface area contributed by atoms with E-state index in [0.29, 0.717) is 41.2 Å². The molecule has 3 N–H and O–H groups in total. The standard InChI is InChI=1S/C24H30N6O3/c1-25-21(31)15-8-9-17(19(12-15)33-2)28-23-26-13-18-20(29-23)30(16-6-3-4-7-16)14-24(10-5-11-24)22(32)27-18/h8-9,12-13,16H,3-7,10-11,14H2,1-2H3,(H,25,31)(H,27,32)(H,26,28,29). The summed E-state index contributed by atoms with van der Waals surface area (Å²) in [5, 5.41) is 8.95. The topological polar surface area (TPSA) is 108 Å². The fourth-order valence-corrected chi connectivity index (χ4v) is 5.18. The van der Waals surface area contributed by atoms with Crippen molar-refractivity contribution in [3.05, 3.63) is 30.0 Å². The number of nitrogens with zero attached hydrogens (tertiary/aromatic N) is 3. The summed E-state index contributed by atoms with van der Waals surface area (Å²) in [4.78, 5) is 36.7. The Morgan fingerprint density at radius 3 is 2.70 bits per heavy atom. The predicted octanol–water partition coefficient (Wildman–Crippen LogP) is 3.46. The summed E-state index contributed by atoms with van der Waals surface area (Å²) in [6, 6.07) is 5.56. The molecule has 9 nitrogen and oxygen atoms in total. The van der Waals surface area contributed by atoms with Crippen molar-refractivity contribution in [3.63, 3.8) is 0 Å². The Balaban J connectivity index is 1.48. The summed E-state index contributed by atoms with van der Waals surface area (Å²) < 4.78 is 5.49. The fraction of sp³-hybridized carbons (Fsp3) is 0.500. The number of benzene rings is 1. The number of aromatic nitrogens is 2. The maximum absolute atomic E-state index is 13.1. The maximum Gasteiger partial charge on any atom is 0.251 e. The number of ether oxygens (including phenoxy) is 1. The highest BCUT2D eigenvalue weighted by molar-refractivity contribution is 6.00. The normalized spacial score (nSPS) is 19.3. The molecule has 0 unspecified atom stereocenters. The van der Waals surface area contributed by atoms with Gasteiger partial charge in [0.15, 0.2) is 5.82 Å². The van der Waals surface area contributed by atoms with E-state index in [9.17, 15) is 9.59 Å². The van der Waals surface area contributed by atoms with Gasteiger partial charge in [0, 0.05) is 25.2 Å². The van der Waals surface area contributed by atoms with Crippen molar-refractivity contribution in [3.8, 4) is 5.75 Å². The fourth-order valence-electron chi connectivity index (χ4n) is 5.18. The van der Waals surface area contributed by atoms with Crippen molar-refractivity contribution in [2.45, 2.75) is 51.0 Å². The molecule has 0 saturated heterocycles. The Kier molecular flexibility index (Phi) is 5.55. The third-order valence-corrected chi connectivity index (χ3v) is 7.26. The molecule has 0 atom stereocenters. The van der Waals surface area contributed by atoms with Crippen LogP contribution in [0.3, 0.4) is 0 Å². The van der Waals surface area contributed by atoms with Gasteiger partial charge in [-0.1, -0.05) is 19.3 Å². The average molecular weight is 451 g/mol. The number of rotatable bonds is 5. The summed E-state index contributed by atoms with van der Waals surface area (Å²) in [6.07, 6.45) is 9.26. The van der Waals surface area contributed by atoms with Gasteiger partial charge in [-0.15, -0.1) is 0 Å². The van der Waals surface area contributed by atoms with Crippen LogP contribution in [0.1, 0.15) is 55.3 Å². The van der Waals surface area contributed by atoms with Gasteiger partial charge in [0.05, 0.1) is 24.4 Å². The van der Waals surface area contributed by atoms with Crippen LogP contribution in [0, 0.1) is 5.41 Å². The van der Waals surface area contributed by atoms with Gasteiger partial charge in [0.25, 0.3) is 5.91 Å². The van der Waals surface area contributed by atoms with E-state index >= 15 is 0 Å². The molecule has 3 aliphatic rings. The van der Waals surface area contributed by atoms with Gasteiger partial charge in [-0.2, -0.15) is 4.98 Å². The highest BCUT2D eigenvalue weighted by atomic mass is 16.5. The summed E-state index contributed by atoms with van der Waals surface area (Å²) in [5.74, 6) is 1.61. The number of hydrogen-bond acceptors (Lipinski definition) is 7. The molecule has 9 heteroatoms. The molecule has 2 amide bonds. The first-order valence-electron chi connectivity index (χ1n) is 11.7. The average Bonchev–Trinajstić information content (AvgIpc) is 3.30. The number of fused-ring (bicyclic) bond motifs is 1. The molecule has 1 aromatic carbocycles. The molecule has 5 rings (SSSR count). The smallest absolute Gasteiger partial charge is 0.251 e. The zero-order valence-electron chi connectivity index (χ0n) is 19.1. The Morgan fingerprint density at radius 1 is 1.24 bits per heavy atom. The minimum atomic E-state index is -0.324. The highest BCUT2D eigenvalue weighted by Crippen LogP contribution is 2.47. The molecule has 2 heterocycles. The second-order valence-corrected chi connectivity index (χ2v) is 9.20. The van der Waals surface area contributed by atoms with Crippen molar-refractivity contribution < 1.29 is 14.3 Å². The molecule has 1 aliphatic heterocycles. The molecule has 0 radical (unpaired) electrons. The van der Waals surface area contributed by atoms with E-state index in [1.807, 2.05) is 0 Å². The first kappa shape index (κ1) is 21.5. The van der Waals surface area contributed by atoms with Gasteiger partial charge < -0.3 is 25.6 Å². The van der Waals surface area contributed by atoms with Crippen LogP contribution in [0.25, 0.3) is 0 Å². The summed E-state index contributed by atoms with van der Waals surface area (Å²) in [5.41, 5.74) is 1.51. The molecule has 2 aromatic rings. The zero-order chi connectivity index (χ0) is 23.0. The zero-order valence-corrected chi connectivity index (χ0v) is 19.1. The molecule has 174 valence electrons. The molecular weight excluding hydrogens is 420 g/mol. The Labute approximate surface area is 193 Å². The van der Waals surface area contributed by atoms with E-state index in [-0.39, 0.29) is 17.2 Å². The van der Waals surface area contributed by atoms with Crippen LogP contribution in [0.2, 0.25) is 0 Å². The lowest BCUT2D eigenvalue weighted by atomic mass is 9.67. The minimum absolute atomic E-state index is 0.0891. The van der Waals surface area contributed by atoms with E-state index in [1.54, 1.807) is 38.6 Å². The Hall–Kier alpha value is -3.36. The second kappa shape index (κ2) is 8.53. The first-order chi connectivity index (χ1) is 16.0. The Bertz CT molecular complexity index is 1080. The number of anilines is 4. The highest BCUT2D eigenvalue weighted by Gasteiger charge is 2.49. The number of carbonyl (C=O) groups is 2. The minimum Gasteiger partial charge on any atom is -0.495 e. The lowest BCUT2D eigenvalue weighted by Gasteiger charge is -2.43. The van der Waals surface area contributed by atoms with E-state index in [2.05, 4.69) is 25.8 Å². The monoisotopic (exact) mass is 450 g/mol. The molecule has 33 heavy (non-hydrogen) atoms. The van der Waals surface area contributed by atoms with Crippen LogP contribution < -0.4 is 25.6 Å². The number of hydrogen-bond donors (Lipinski definition) is 3. The van der Waals surface area contributed by atoms with Crippen molar-refractivity contribution in [1.29, 1.82) is 0 Å². The van der Waals surface area contributed by atoms with Crippen LogP contribution in [0.15, 0.2) is 24.4 Å². The molecule has 0 bridgehead atoms.